The zero-order valence-electron chi connectivity index (χ0n) is 7.86. The van der Waals surface area contributed by atoms with Gasteiger partial charge in [-0.3, -0.25) is 0 Å². The van der Waals surface area contributed by atoms with Crippen LogP contribution in [-0.4, -0.2) is 6.54 Å². The smallest absolute Gasteiger partial charge is 0.274 e. The van der Waals surface area contributed by atoms with Crippen molar-refractivity contribution in [2.45, 2.75) is 19.3 Å². The Labute approximate surface area is 90.4 Å². The Morgan fingerprint density at radius 1 is 1.36 bits per heavy atom. The Morgan fingerprint density at radius 3 is 2.50 bits per heavy atom. The van der Waals surface area contributed by atoms with Crippen LogP contribution in [0.2, 0.25) is 0 Å². The quantitative estimate of drug-likeness (QED) is 0.891. The molecule has 4 heteroatoms. The molecule has 1 rings (SSSR count). The molecule has 14 heavy (non-hydrogen) atoms. The van der Waals surface area contributed by atoms with Crippen molar-refractivity contribution in [3.05, 3.63) is 33.8 Å². The van der Waals surface area contributed by atoms with E-state index in [-0.39, 0.29) is 18.5 Å². The van der Waals surface area contributed by atoms with Crippen molar-refractivity contribution in [3.63, 3.8) is 0 Å². The Bertz CT molecular complexity index is 306. The highest BCUT2D eigenvalue weighted by atomic mass is 79.9. The fraction of sp³-hybridized carbons (Fsp3) is 0.400. The van der Waals surface area contributed by atoms with Crippen LogP contribution in [-0.2, 0) is 5.92 Å². The van der Waals surface area contributed by atoms with Crippen molar-refractivity contribution >= 4 is 15.9 Å². The first-order valence-electron chi connectivity index (χ1n) is 4.31. The summed E-state index contributed by atoms with van der Waals surface area (Å²) in [6.45, 7) is 1.77. The van der Waals surface area contributed by atoms with E-state index in [0.29, 0.717) is 4.47 Å². The van der Waals surface area contributed by atoms with Gasteiger partial charge in [-0.15, -0.1) is 0 Å². The van der Waals surface area contributed by atoms with Crippen LogP contribution < -0.4 is 5.73 Å². The van der Waals surface area contributed by atoms with Crippen molar-refractivity contribution in [2.75, 3.05) is 6.54 Å². The van der Waals surface area contributed by atoms with Crippen molar-refractivity contribution < 1.29 is 8.78 Å². The van der Waals surface area contributed by atoms with E-state index in [1.54, 1.807) is 13.0 Å². The number of nitrogens with two attached hydrogens (primary N) is 1. The van der Waals surface area contributed by atoms with Crippen LogP contribution in [0.3, 0.4) is 0 Å². The molecule has 0 atom stereocenters. The number of halogens is 3. The third-order valence-corrected chi connectivity index (χ3v) is 2.38. The van der Waals surface area contributed by atoms with Gasteiger partial charge in [0.2, 0.25) is 0 Å². The largest absolute Gasteiger partial charge is 0.330 e. The highest BCUT2D eigenvalue weighted by Crippen LogP contribution is 2.33. The number of alkyl halides is 2. The minimum Gasteiger partial charge on any atom is -0.330 e. The third-order valence-electron chi connectivity index (χ3n) is 1.92. The van der Waals surface area contributed by atoms with Gasteiger partial charge in [0, 0.05) is 16.5 Å². The monoisotopic (exact) mass is 263 g/mol. The van der Waals surface area contributed by atoms with Crippen molar-refractivity contribution in [2.24, 2.45) is 5.73 Å². The number of hydrogen-bond acceptors (Lipinski definition) is 1. The van der Waals surface area contributed by atoms with E-state index in [9.17, 15) is 8.78 Å². The van der Waals surface area contributed by atoms with E-state index in [4.69, 9.17) is 5.73 Å². The second-order valence-corrected chi connectivity index (χ2v) is 4.18. The van der Waals surface area contributed by atoms with E-state index in [1.807, 2.05) is 0 Å². The van der Waals surface area contributed by atoms with E-state index in [2.05, 4.69) is 15.9 Å². The van der Waals surface area contributed by atoms with Crippen molar-refractivity contribution in [1.29, 1.82) is 0 Å². The molecular weight excluding hydrogens is 252 g/mol. The Hall–Kier alpha value is -0.480. The fourth-order valence-corrected chi connectivity index (χ4v) is 1.88. The van der Waals surface area contributed by atoms with E-state index < -0.39 is 5.92 Å². The minimum absolute atomic E-state index is 0.0153. The summed E-state index contributed by atoms with van der Waals surface area (Å²) in [7, 11) is 0. The first-order valence-corrected chi connectivity index (χ1v) is 5.10. The molecular formula is C10H12BrF2N. The molecule has 0 aliphatic rings. The molecule has 0 unspecified atom stereocenters. The summed E-state index contributed by atoms with van der Waals surface area (Å²) in [5, 5.41) is 0. The Kier molecular flexibility index (Phi) is 3.61. The molecule has 78 valence electrons. The molecule has 2 N–H and O–H groups in total. The molecule has 0 amide bonds. The van der Waals surface area contributed by atoms with Crippen LogP contribution in [0.15, 0.2) is 22.7 Å². The maximum atomic E-state index is 13.4. The van der Waals surface area contributed by atoms with E-state index in [1.165, 1.54) is 12.1 Å². The van der Waals surface area contributed by atoms with Gasteiger partial charge < -0.3 is 5.73 Å². The van der Waals surface area contributed by atoms with Gasteiger partial charge in [0.05, 0.1) is 0 Å². The molecule has 0 aliphatic carbocycles. The lowest BCUT2D eigenvalue weighted by Crippen LogP contribution is -2.18. The number of hydrogen-bond donors (Lipinski definition) is 1. The van der Waals surface area contributed by atoms with Gasteiger partial charge in [-0.05, 0) is 31.2 Å². The molecule has 0 radical (unpaired) electrons. The topological polar surface area (TPSA) is 26.0 Å². The van der Waals surface area contributed by atoms with Crippen LogP contribution in [0.4, 0.5) is 8.78 Å². The van der Waals surface area contributed by atoms with Gasteiger partial charge in [-0.25, -0.2) is 8.78 Å². The summed E-state index contributed by atoms with van der Waals surface area (Å²) in [5.74, 6) is -2.83. The predicted molar refractivity (Wildman–Crippen MR) is 56.4 cm³/mol. The highest BCUT2D eigenvalue weighted by Gasteiger charge is 2.30. The summed E-state index contributed by atoms with van der Waals surface area (Å²) in [6, 6.07) is 4.71. The lowest BCUT2D eigenvalue weighted by Gasteiger charge is -2.16. The van der Waals surface area contributed by atoms with Gasteiger partial charge >= 0.3 is 0 Å². The lowest BCUT2D eigenvalue weighted by molar-refractivity contribution is -0.0108. The molecule has 1 aromatic carbocycles. The van der Waals surface area contributed by atoms with Crippen LogP contribution >= 0.6 is 15.9 Å². The zero-order valence-corrected chi connectivity index (χ0v) is 9.44. The summed E-state index contributed by atoms with van der Waals surface area (Å²) in [4.78, 5) is 0. The highest BCUT2D eigenvalue weighted by molar-refractivity contribution is 9.10. The lowest BCUT2D eigenvalue weighted by atomic mass is 10.0. The molecule has 1 nitrogen and oxygen atoms in total. The van der Waals surface area contributed by atoms with Gasteiger partial charge in [-0.1, -0.05) is 22.0 Å². The van der Waals surface area contributed by atoms with Gasteiger partial charge in [0.1, 0.15) is 0 Å². The normalized spacial score (nSPS) is 11.8. The maximum absolute atomic E-state index is 13.4. The molecule has 0 saturated carbocycles. The second kappa shape index (κ2) is 4.36. The van der Waals surface area contributed by atoms with Gasteiger partial charge in [-0.2, -0.15) is 0 Å². The first kappa shape index (κ1) is 11.6. The summed E-state index contributed by atoms with van der Waals surface area (Å²) in [5.41, 5.74) is 5.97. The summed E-state index contributed by atoms with van der Waals surface area (Å²) < 4.78 is 27.5. The predicted octanol–water partition coefficient (Wildman–Crippen LogP) is 3.20. The summed E-state index contributed by atoms with van der Waals surface area (Å²) >= 11 is 3.19. The average Bonchev–Trinajstić information content (AvgIpc) is 2.02. The molecule has 0 spiro atoms. The molecule has 0 aliphatic heterocycles. The molecule has 1 aromatic rings. The number of rotatable bonds is 3. The minimum atomic E-state index is -2.83. The first-order chi connectivity index (χ1) is 6.45. The van der Waals surface area contributed by atoms with E-state index >= 15 is 0 Å². The Balaban J connectivity index is 3.05. The number of benzene rings is 1. The third kappa shape index (κ3) is 2.75. The molecule has 0 heterocycles. The van der Waals surface area contributed by atoms with Crippen LogP contribution in [0, 0.1) is 6.92 Å². The molecule has 0 saturated heterocycles. The van der Waals surface area contributed by atoms with Crippen molar-refractivity contribution in [1.82, 2.24) is 0 Å². The number of aryl methyl sites for hydroxylation is 1. The Morgan fingerprint density at radius 2 is 2.00 bits per heavy atom. The molecule has 0 bridgehead atoms. The van der Waals surface area contributed by atoms with Crippen molar-refractivity contribution in [3.8, 4) is 0 Å². The average molecular weight is 264 g/mol. The van der Waals surface area contributed by atoms with Crippen LogP contribution in [0.25, 0.3) is 0 Å². The fourth-order valence-electron chi connectivity index (χ4n) is 1.27. The summed E-state index contributed by atoms with van der Waals surface area (Å²) in [6.07, 6.45) is -0.317. The molecule has 0 aromatic heterocycles. The molecule has 0 fully saturated rings. The van der Waals surface area contributed by atoms with Gasteiger partial charge in [0.25, 0.3) is 5.92 Å². The van der Waals surface area contributed by atoms with E-state index in [0.717, 1.165) is 5.56 Å². The van der Waals surface area contributed by atoms with Crippen LogP contribution in [0.1, 0.15) is 17.5 Å². The SMILES string of the molecule is Cc1cc(Br)cc(C(F)(F)CCN)c1. The maximum Gasteiger partial charge on any atom is 0.274 e. The van der Waals surface area contributed by atoms with Gasteiger partial charge in [0.15, 0.2) is 0 Å². The van der Waals surface area contributed by atoms with Crippen LogP contribution in [0.5, 0.6) is 0 Å². The second-order valence-electron chi connectivity index (χ2n) is 3.26. The zero-order chi connectivity index (χ0) is 10.8. The standard InChI is InChI=1S/C10H12BrF2N/c1-7-4-8(6-9(11)5-7)10(12,13)2-3-14/h4-6H,2-3,14H2,1H3.